The van der Waals surface area contributed by atoms with Crippen molar-refractivity contribution in [3.05, 3.63) is 162 Å². The average molecular weight is 643 g/mol. The number of hydrogen-bond acceptors (Lipinski definition) is 1. The van der Waals surface area contributed by atoms with Gasteiger partial charge in [0.2, 0.25) is 0 Å². The van der Waals surface area contributed by atoms with Crippen LogP contribution in [0.5, 0.6) is 0 Å². The molecule has 0 aliphatic heterocycles. The highest BCUT2D eigenvalue weighted by Gasteiger charge is 2.20. The molecule has 0 spiro atoms. The van der Waals surface area contributed by atoms with Gasteiger partial charge in [0.05, 0.1) is 22.1 Å². The molecule has 3 aromatic heterocycles. The molecule has 0 saturated heterocycles. The van der Waals surface area contributed by atoms with E-state index in [4.69, 9.17) is 0 Å². The number of hydrogen-bond donors (Lipinski definition) is 0. The van der Waals surface area contributed by atoms with Gasteiger partial charge in [-0.15, -0.1) is 11.3 Å². The summed E-state index contributed by atoms with van der Waals surface area (Å²) in [6.07, 6.45) is 6.95. The first kappa shape index (κ1) is 27.1. The van der Waals surface area contributed by atoms with E-state index in [2.05, 4.69) is 167 Å². The molecule has 1 aliphatic rings. The number of allylic oxidation sites excluding steroid dienone is 1. The number of fused-ring (bicyclic) bond motifs is 11. The molecule has 0 fully saturated rings. The zero-order valence-electron chi connectivity index (χ0n) is 26.7. The van der Waals surface area contributed by atoms with E-state index in [1.165, 1.54) is 97.4 Å². The maximum atomic E-state index is 2.45. The lowest BCUT2D eigenvalue weighted by Crippen LogP contribution is -1.96. The zero-order valence-corrected chi connectivity index (χ0v) is 27.5. The van der Waals surface area contributed by atoms with Crippen LogP contribution in [-0.4, -0.2) is 9.13 Å². The number of aromatic nitrogens is 2. The minimum atomic E-state index is 1.14. The molecule has 7 aromatic carbocycles. The summed E-state index contributed by atoms with van der Waals surface area (Å²) in [4.78, 5) is 1.51. The second-order valence-electron chi connectivity index (χ2n) is 13.2. The van der Waals surface area contributed by atoms with Crippen molar-refractivity contribution in [3.8, 4) is 22.5 Å². The molecule has 3 heteroatoms. The van der Waals surface area contributed by atoms with Crippen LogP contribution in [0, 0.1) is 0 Å². The maximum absolute atomic E-state index is 2.45. The lowest BCUT2D eigenvalue weighted by atomic mass is 9.95. The third-order valence-corrected chi connectivity index (χ3v) is 11.8. The third-order valence-electron chi connectivity index (χ3n) is 10.6. The highest BCUT2D eigenvalue weighted by atomic mass is 32.1. The van der Waals surface area contributed by atoms with Gasteiger partial charge in [0.1, 0.15) is 0 Å². The fourth-order valence-corrected chi connectivity index (χ4v) is 9.65. The Bertz CT molecular complexity index is 2970. The Kier molecular flexibility index (Phi) is 5.69. The van der Waals surface area contributed by atoms with Crippen molar-refractivity contribution in [2.75, 3.05) is 0 Å². The fourth-order valence-electron chi connectivity index (χ4n) is 8.41. The standard InChI is InChI=1S/C46H30N2S/c1-2-12-31(13-3-1)48-40-26-23-29-11-4-5-14-33(29)45(40)38-27-37-35-15-6-8-18-39(35)47(41(37)28-42(38)48)32-24-21-30(22-25-32)34-17-10-20-44-46(34)36-16-7-9-19-43(36)49-44/h1-8,10-18,20-28H,9,19H2. The molecule has 0 bridgehead atoms. The normalized spacial score (nSPS) is 13.1. The molecule has 2 nitrogen and oxygen atoms in total. The third kappa shape index (κ3) is 3.88. The Balaban J connectivity index is 1.18. The second-order valence-corrected chi connectivity index (χ2v) is 14.3. The smallest absolute Gasteiger partial charge is 0.0562 e. The van der Waals surface area contributed by atoms with Crippen LogP contribution in [0.3, 0.4) is 0 Å². The summed E-state index contributed by atoms with van der Waals surface area (Å²) in [5, 5.41) is 9.07. The van der Waals surface area contributed by atoms with Crippen LogP contribution in [0.4, 0.5) is 0 Å². The fraction of sp³-hybridized carbons (Fsp3) is 0.0435. The number of aryl methyl sites for hydroxylation is 1. The van der Waals surface area contributed by atoms with Crippen molar-refractivity contribution >= 4 is 81.9 Å². The van der Waals surface area contributed by atoms with Crippen LogP contribution in [0.25, 0.3) is 93.0 Å². The first-order valence-corrected chi connectivity index (χ1v) is 17.9. The van der Waals surface area contributed by atoms with Crippen molar-refractivity contribution in [2.24, 2.45) is 0 Å². The van der Waals surface area contributed by atoms with Crippen LogP contribution in [0.2, 0.25) is 0 Å². The van der Waals surface area contributed by atoms with Gasteiger partial charge in [-0.2, -0.15) is 0 Å². The van der Waals surface area contributed by atoms with Crippen LogP contribution >= 0.6 is 11.3 Å². The summed E-state index contributed by atoms with van der Waals surface area (Å²) in [6, 6.07) is 53.9. The molecule has 0 saturated carbocycles. The number of nitrogens with zero attached hydrogens (tertiary/aromatic N) is 2. The Labute approximate surface area is 287 Å². The quantitative estimate of drug-likeness (QED) is 0.181. The number of benzene rings is 7. The summed E-state index contributed by atoms with van der Waals surface area (Å²) < 4.78 is 6.28. The van der Waals surface area contributed by atoms with E-state index in [9.17, 15) is 0 Å². The van der Waals surface area contributed by atoms with E-state index in [-0.39, 0.29) is 0 Å². The van der Waals surface area contributed by atoms with Gasteiger partial charge in [-0.1, -0.05) is 103 Å². The molecule has 11 rings (SSSR count). The predicted molar refractivity (Wildman–Crippen MR) is 211 cm³/mol. The summed E-state index contributed by atoms with van der Waals surface area (Å²) in [5.74, 6) is 0. The van der Waals surface area contributed by atoms with Gasteiger partial charge >= 0.3 is 0 Å². The number of rotatable bonds is 3. The summed E-state index contributed by atoms with van der Waals surface area (Å²) in [6.45, 7) is 0. The lowest BCUT2D eigenvalue weighted by molar-refractivity contribution is 1.02. The monoisotopic (exact) mass is 642 g/mol. The minimum Gasteiger partial charge on any atom is -0.309 e. The number of thiophene rings is 1. The van der Waals surface area contributed by atoms with Crippen LogP contribution in [-0.2, 0) is 6.42 Å². The molecular weight excluding hydrogens is 613 g/mol. The van der Waals surface area contributed by atoms with Gasteiger partial charge in [-0.25, -0.2) is 0 Å². The Morgan fingerprint density at radius 3 is 2.14 bits per heavy atom. The summed E-state index contributed by atoms with van der Waals surface area (Å²) >= 11 is 1.96. The van der Waals surface area contributed by atoms with E-state index in [0.717, 1.165) is 12.8 Å². The van der Waals surface area contributed by atoms with Crippen molar-refractivity contribution < 1.29 is 0 Å². The molecular formula is C46H30N2S. The molecule has 10 aromatic rings. The first-order chi connectivity index (χ1) is 24.3. The minimum absolute atomic E-state index is 1.14. The van der Waals surface area contributed by atoms with E-state index in [1.807, 2.05) is 11.3 Å². The molecule has 0 atom stereocenters. The molecule has 230 valence electrons. The Hall–Kier alpha value is -5.90. The predicted octanol–water partition coefficient (Wildman–Crippen LogP) is 12.9. The second kappa shape index (κ2) is 10.3. The van der Waals surface area contributed by atoms with Crippen LogP contribution < -0.4 is 0 Å². The van der Waals surface area contributed by atoms with Crippen LogP contribution in [0.1, 0.15) is 16.9 Å². The van der Waals surface area contributed by atoms with Crippen molar-refractivity contribution in [2.45, 2.75) is 12.8 Å². The zero-order chi connectivity index (χ0) is 32.1. The Morgan fingerprint density at radius 1 is 0.490 bits per heavy atom. The SMILES string of the molecule is C1=Cc2c(sc3cccc(-c4ccc(-n5c6ccccc6c6cc7c8c9ccccc9ccc8n(-c8ccccc8)c7cc65)cc4)c23)CC1. The molecule has 49 heavy (non-hydrogen) atoms. The van der Waals surface area contributed by atoms with Gasteiger partial charge in [0, 0.05) is 47.9 Å². The highest BCUT2D eigenvalue weighted by molar-refractivity contribution is 7.19. The summed E-state index contributed by atoms with van der Waals surface area (Å²) in [7, 11) is 0. The van der Waals surface area contributed by atoms with Gasteiger partial charge in [-0.05, 0) is 94.9 Å². The molecule has 0 unspecified atom stereocenters. The first-order valence-electron chi connectivity index (χ1n) is 17.1. The largest absolute Gasteiger partial charge is 0.309 e. The molecule has 3 heterocycles. The van der Waals surface area contributed by atoms with Gasteiger partial charge < -0.3 is 9.13 Å². The van der Waals surface area contributed by atoms with E-state index in [1.54, 1.807) is 0 Å². The number of para-hydroxylation sites is 2. The van der Waals surface area contributed by atoms with Crippen molar-refractivity contribution in [1.82, 2.24) is 9.13 Å². The molecule has 1 aliphatic carbocycles. The van der Waals surface area contributed by atoms with Crippen molar-refractivity contribution in [1.29, 1.82) is 0 Å². The van der Waals surface area contributed by atoms with E-state index >= 15 is 0 Å². The van der Waals surface area contributed by atoms with Gasteiger partial charge in [0.15, 0.2) is 0 Å². The van der Waals surface area contributed by atoms with Crippen molar-refractivity contribution in [3.63, 3.8) is 0 Å². The lowest BCUT2D eigenvalue weighted by Gasteiger charge is -2.12. The van der Waals surface area contributed by atoms with Gasteiger partial charge in [0.25, 0.3) is 0 Å². The molecule has 0 radical (unpaired) electrons. The summed E-state index contributed by atoms with van der Waals surface area (Å²) in [5.41, 5.74) is 11.2. The highest BCUT2D eigenvalue weighted by Crippen LogP contribution is 2.43. The van der Waals surface area contributed by atoms with E-state index < -0.39 is 0 Å². The molecule has 0 N–H and O–H groups in total. The van der Waals surface area contributed by atoms with Crippen LogP contribution in [0.15, 0.2) is 152 Å². The molecule has 0 amide bonds. The topological polar surface area (TPSA) is 9.86 Å². The maximum Gasteiger partial charge on any atom is 0.0562 e. The van der Waals surface area contributed by atoms with E-state index in [0.29, 0.717) is 0 Å². The van der Waals surface area contributed by atoms with Gasteiger partial charge in [-0.3, -0.25) is 0 Å². The Morgan fingerprint density at radius 2 is 1.24 bits per heavy atom. The average Bonchev–Trinajstić information content (AvgIpc) is 3.82.